The van der Waals surface area contributed by atoms with Gasteiger partial charge in [-0.15, -0.1) is 0 Å². The molecule has 2 nitrogen and oxygen atoms in total. The highest BCUT2D eigenvalue weighted by atomic mass is 14.5. The number of hydrogen-bond donors (Lipinski definition) is 0. The summed E-state index contributed by atoms with van der Waals surface area (Å²) in [6, 6.07) is 4.65. The van der Waals surface area contributed by atoms with Crippen molar-refractivity contribution in [2.45, 2.75) is 52.4 Å². The van der Waals surface area contributed by atoms with E-state index in [4.69, 9.17) is 0 Å². The maximum Gasteiger partial charge on any atom is 0.149 e. The quantitative estimate of drug-likeness (QED) is 0.704. The van der Waals surface area contributed by atoms with Gasteiger partial charge in [0.25, 0.3) is 0 Å². The van der Waals surface area contributed by atoms with Crippen LogP contribution in [0.3, 0.4) is 0 Å². The Hall–Kier alpha value is -1.02. The van der Waals surface area contributed by atoms with Gasteiger partial charge >= 0.3 is 0 Å². The van der Waals surface area contributed by atoms with Crippen LogP contribution in [0.1, 0.15) is 52.4 Å². The molecule has 0 aromatic rings. The van der Waals surface area contributed by atoms with Crippen LogP contribution in [0.25, 0.3) is 0 Å². The van der Waals surface area contributed by atoms with Crippen LogP contribution in [-0.4, -0.2) is 0 Å². The molecule has 0 saturated heterocycles. The maximum absolute atomic E-state index is 9.36. The van der Waals surface area contributed by atoms with E-state index in [0.29, 0.717) is 5.92 Å². The minimum absolute atomic E-state index is 0.190. The van der Waals surface area contributed by atoms with Gasteiger partial charge in [-0.05, 0) is 24.7 Å². The van der Waals surface area contributed by atoms with Crippen LogP contribution in [0, 0.1) is 39.9 Å². The van der Waals surface area contributed by atoms with Gasteiger partial charge in [0.15, 0.2) is 0 Å². The number of hydrogen-bond acceptors (Lipinski definition) is 2. The van der Waals surface area contributed by atoms with Gasteiger partial charge in [0.1, 0.15) is 5.41 Å². The van der Waals surface area contributed by atoms with E-state index in [-0.39, 0.29) is 5.92 Å². The summed E-state index contributed by atoms with van der Waals surface area (Å²) in [7, 11) is 0. The van der Waals surface area contributed by atoms with Crippen molar-refractivity contribution in [1.29, 1.82) is 10.5 Å². The van der Waals surface area contributed by atoms with Gasteiger partial charge in [0, 0.05) is 0 Å². The van der Waals surface area contributed by atoms with Gasteiger partial charge in [-0.3, -0.25) is 0 Å². The van der Waals surface area contributed by atoms with Crippen LogP contribution < -0.4 is 0 Å². The fourth-order valence-corrected chi connectivity index (χ4v) is 2.71. The Morgan fingerprint density at radius 2 is 1.73 bits per heavy atom. The lowest BCUT2D eigenvalue weighted by molar-refractivity contribution is 0.166. The second-order valence-electron chi connectivity index (χ2n) is 4.74. The van der Waals surface area contributed by atoms with Gasteiger partial charge < -0.3 is 0 Å². The predicted octanol–water partition coefficient (Wildman–Crippen LogP) is 3.65. The standard InChI is InChI=1S/C13H20N2/c1-3-11(2)13(9-14,10-15)12-7-5-4-6-8-12/h11-12H,3-8H2,1-2H3. The minimum atomic E-state index is -0.727. The molecule has 0 bridgehead atoms. The number of nitriles is 2. The van der Waals surface area contributed by atoms with Crippen molar-refractivity contribution in [3.05, 3.63) is 0 Å². The molecule has 1 aliphatic rings. The zero-order valence-electron chi connectivity index (χ0n) is 9.79. The first-order chi connectivity index (χ1) is 7.21. The third-order valence-corrected chi connectivity index (χ3v) is 4.01. The average Bonchev–Trinajstić information content (AvgIpc) is 2.32. The highest BCUT2D eigenvalue weighted by Crippen LogP contribution is 2.44. The zero-order valence-corrected chi connectivity index (χ0v) is 9.79. The molecule has 1 saturated carbocycles. The molecule has 0 radical (unpaired) electrons. The van der Waals surface area contributed by atoms with Crippen LogP contribution in [0.2, 0.25) is 0 Å². The van der Waals surface area contributed by atoms with Crippen molar-refractivity contribution in [1.82, 2.24) is 0 Å². The van der Waals surface area contributed by atoms with E-state index in [2.05, 4.69) is 19.1 Å². The molecule has 1 fully saturated rings. The van der Waals surface area contributed by atoms with Crippen molar-refractivity contribution in [2.75, 3.05) is 0 Å². The Morgan fingerprint density at radius 3 is 2.13 bits per heavy atom. The third-order valence-electron chi connectivity index (χ3n) is 4.01. The summed E-state index contributed by atoms with van der Waals surface area (Å²) in [5, 5.41) is 18.7. The van der Waals surface area contributed by atoms with E-state index < -0.39 is 5.41 Å². The van der Waals surface area contributed by atoms with Crippen LogP contribution in [-0.2, 0) is 0 Å². The lowest BCUT2D eigenvalue weighted by Crippen LogP contribution is -2.35. The highest BCUT2D eigenvalue weighted by molar-refractivity contribution is 5.18. The molecule has 1 aliphatic carbocycles. The van der Waals surface area contributed by atoms with E-state index in [1.165, 1.54) is 19.3 Å². The van der Waals surface area contributed by atoms with Crippen LogP contribution >= 0.6 is 0 Å². The number of nitrogens with zero attached hydrogens (tertiary/aromatic N) is 2. The molecule has 2 heteroatoms. The Bertz CT molecular complexity index is 262. The molecule has 0 aliphatic heterocycles. The summed E-state index contributed by atoms with van der Waals surface area (Å²) in [6.45, 7) is 4.11. The highest BCUT2D eigenvalue weighted by Gasteiger charge is 2.43. The van der Waals surface area contributed by atoms with Gasteiger partial charge in [-0.25, -0.2) is 0 Å². The molecule has 1 atom stereocenters. The summed E-state index contributed by atoms with van der Waals surface area (Å²) < 4.78 is 0. The second kappa shape index (κ2) is 5.17. The molecule has 0 N–H and O–H groups in total. The van der Waals surface area contributed by atoms with Gasteiger partial charge in [0.2, 0.25) is 0 Å². The summed E-state index contributed by atoms with van der Waals surface area (Å²) in [5.41, 5.74) is -0.727. The summed E-state index contributed by atoms with van der Waals surface area (Å²) >= 11 is 0. The molecule has 0 heterocycles. The van der Waals surface area contributed by atoms with Crippen molar-refractivity contribution < 1.29 is 0 Å². The van der Waals surface area contributed by atoms with Crippen LogP contribution in [0.4, 0.5) is 0 Å². The smallest absolute Gasteiger partial charge is 0.149 e. The van der Waals surface area contributed by atoms with Gasteiger partial charge in [-0.2, -0.15) is 10.5 Å². The van der Waals surface area contributed by atoms with Crippen molar-refractivity contribution in [3.8, 4) is 12.1 Å². The summed E-state index contributed by atoms with van der Waals surface area (Å²) in [6.07, 6.45) is 6.68. The first-order valence-corrected chi connectivity index (χ1v) is 6.03. The molecule has 0 spiro atoms. The van der Waals surface area contributed by atoms with E-state index in [1.54, 1.807) is 0 Å². The van der Waals surface area contributed by atoms with Crippen molar-refractivity contribution >= 4 is 0 Å². The molecule has 0 amide bonds. The van der Waals surface area contributed by atoms with E-state index in [9.17, 15) is 10.5 Å². The Morgan fingerprint density at radius 1 is 1.20 bits per heavy atom. The molecule has 0 aromatic heterocycles. The molecule has 0 aromatic carbocycles. The molecule has 1 rings (SSSR count). The van der Waals surface area contributed by atoms with Crippen LogP contribution in [0.5, 0.6) is 0 Å². The first kappa shape index (κ1) is 12.1. The maximum atomic E-state index is 9.36. The Balaban J connectivity index is 2.90. The predicted molar refractivity (Wildman–Crippen MR) is 59.7 cm³/mol. The fourth-order valence-electron chi connectivity index (χ4n) is 2.71. The van der Waals surface area contributed by atoms with Crippen LogP contribution in [0.15, 0.2) is 0 Å². The summed E-state index contributed by atoms with van der Waals surface area (Å²) in [5.74, 6) is 0.492. The Labute approximate surface area is 92.9 Å². The SMILES string of the molecule is CCC(C)C(C#N)(C#N)C1CCCCC1. The second-order valence-corrected chi connectivity index (χ2v) is 4.74. The minimum Gasteiger partial charge on any atom is -0.197 e. The van der Waals surface area contributed by atoms with Crippen molar-refractivity contribution in [3.63, 3.8) is 0 Å². The lowest BCUT2D eigenvalue weighted by Gasteiger charge is -2.36. The normalized spacial score (nSPS) is 20.3. The topological polar surface area (TPSA) is 47.6 Å². The zero-order chi connectivity index (χ0) is 11.3. The van der Waals surface area contributed by atoms with E-state index >= 15 is 0 Å². The largest absolute Gasteiger partial charge is 0.197 e. The molecular weight excluding hydrogens is 184 g/mol. The molecule has 15 heavy (non-hydrogen) atoms. The average molecular weight is 204 g/mol. The van der Waals surface area contributed by atoms with E-state index in [0.717, 1.165) is 19.3 Å². The Kier molecular flexibility index (Phi) is 4.15. The fraction of sp³-hybridized carbons (Fsp3) is 0.846. The lowest BCUT2D eigenvalue weighted by atomic mass is 9.63. The van der Waals surface area contributed by atoms with E-state index in [1.807, 2.05) is 6.92 Å². The van der Waals surface area contributed by atoms with Gasteiger partial charge in [-0.1, -0.05) is 39.5 Å². The molecular formula is C13H20N2. The third kappa shape index (κ3) is 2.15. The van der Waals surface area contributed by atoms with Crippen molar-refractivity contribution in [2.24, 2.45) is 17.3 Å². The number of rotatable bonds is 3. The van der Waals surface area contributed by atoms with Gasteiger partial charge in [0.05, 0.1) is 12.1 Å². The molecule has 82 valence electrons. The monoisotopic (exact) mass is 204 g/mol. The molecule has 1 unspecified atom stereocenters. The summed E-state index contributed by atoms with van der Waals surface area (Å²) in [4.78, 5) is 0. The first-order valence-electron chi connectivity index (χ1n) is 6.03.